The fourth-order valence-electron chi connectivity index (χ4n) is 2.26. The van der Waals surface area contributed by atoms with Crippen LogP contribution >= 0.6 is 0 Å². The van der Waals surface area contributed by atoms with Crippen molar-refractivity contribution in [1.29, 1.82) is 0 Å². The molecule has 3 nitrogen and oxygen atoms in total. The second kappa shape index (κ2) is 5.70. The summed E-state index contributed by atoms with van der Waals surface area (Å²) in [5.74, 6) is 0.756. The summed E-state index contributed by atoms with van der Waals surface area (Å²) in [6.45, 7) is 5.20. The van der Waals surface area contributed by atoms with E-state index in [0.29, 0.717) is 17.9 Å². The summed E-state index contributed by atoms with van der Waals surface area (Å²) in [6, 6.07) is 13.3. The van der Waals surface area contributed by atoms with Gasteiger partial charge >= 0.3 is 0 Å². The Morgan fingerprint density at radius 2 is 1.86 bits per heavy atom. The maximum atomic E-state index is 12.7. The highest BCUT2D eigenvalue weighted by Crippen LogP contribution is 2.23. The number of epoxide rings is 1. The topological polar surface area (TPSA) is 38.8 Å². The first-order chi connectivity index (χ1) is 10.1. The van der Waals surface area contributed by atoms with Crippen molar-refractivity contribution in [2.45, 2.75) is 20.0 Å². The molecule has 1 unspecified atom stereocenters. The van der Waals surface area contributed by atoms with Crippen LogP contribution in [0.3, 0.4) is 0 Å². The van der Waals surface area contributed by atoms with E-state index in [0.717, 1.165) is 23.3 Å². The molecule has 1 fully saturated rings. The van der Waals surface area contributed by atoms with Gasteiger partial charge in [-0.2, -0.15) is 0 Å². The number of hydrogen-bond acceptors (Lipinski definition) is 3. The predicted octanol–water partition coefficient (Wildman–Crippen LogP) is 3.31. The molecular weight excluding hydrogens is 264 g/mol. The molecule has 1 atom stereocenters. The van der Waals surface area contributed by atoms with Gasteiger partial charge in [0.2, 0.25) is 0 Å². The Balaban J connectivity index is 1.87. The number of benzene rings is 2. The Kier molecular flexibility index (Phi) is 3.76. The van der Waals surface area contributed by atoms with Crippen LogP contribution in [-0.2, 0) is 4.74 Å². The molecule has 0 bridgehead atoms. The summed E-state index contributed by atoms with van der Waals surface area (Å²) in [6.07, 6.45) is 0.210. The van der Waals surface area contributed by atoms with Gasteiger partial charge in [0, 0.05) is 11.1 Å². The van der Waals surface area contributed by atoms with Crippen LogP contribution in [-0.4, -0.2) is 25.1 Å². The van der Waals surface area contributed by atoms with Crippen LogP contribution < -0.4 is 4.74 Å². The maximum Gasteiger partial charge on any atom is 0.193 e. The maximum absolute atomic E-state index is 12.7. The average Bonchev–Trinajstić information content (AvgIpc) is 3.30. The SMILES string of the molecule is Cc1ccccc1C(=O)c1cc(OCC2CO2)ccc1C. The third-order valence-electron chi connectivity index (χ3n) is 3.68. The number of ketones is 1. The van der Waals surface area contributed by atoms with Gasteiger partial charge in [0.25, 0.3) is 0 Å². The number of rotatable bonds is 5. The third kappa shape index (κ3) is 3.14. The molecule has 0 spiro atoms. The first-order valence-electron chi connectivity index (χ1n) is 7.10. The van der Waals surface area contributed by atoms with Crippen LogP contribution in [0.15, 0.2) is 42.5 Å². The van der Waals surface area contributed by atoms with Gasteiger partial charge in [0.15, 0.2) is 5.78 Å². The minimum absolute atomic E-state index is 0.0405. The molecule has 0 N–H and O–H groups in total. The summed E-state index contributed by atoms with van der Waals surface area (Å²) in [7, 11) is 0. The molecule has 2 aromatic carbocycles. The first kappa shape index (κ1) is 13.8. The van der Waals surface area contributed by atoms with Crippen LogP contribution in [0.1, 0.15) is 27.0 Å². The molecule has 108 valence electrons. The zero-order valence-electron chi connectivity index (χ0n) is 12.3. The highest BCUT2D eigenvalue weighted by atomic mass is 16.6. The third-order valence-corrected chi connectivity index (χ3v) is 3.68. The molecule has 0 aliphatic carbocycles. The molecule has 0 saturated carbocycles. The van der Waals surface area contributed by atoms with Crippen LogP contribution in [0, 0.1) is 13.8 Å². The molecule has 1 saturated heterocycles. The van der Waals surface area contributed by atoms with E-state index in [1.54, 1.807) is 0 Å². The number of aryl methyl sites for hydroxylation is 2. The standard InChI is InChI=1S/C18H18O3/c1-12-5-3-4-6-16(12)18(19)17-9-14(8-7-13(17)2)20-10-15-11-21-15/h3-9,15H,10-11H2,1-2H3. The van der Waals surface area contributed by atoms with E-state index in [1.807, 2.05) is 56.3 Å². The van der Waals surface area contributed by atoms with Gasteiger partial charge in [-0.25, -0.2) is 0 Å². The Labute approximate surface area is 124 Å². The Bertz CT molecular complexity index is 672. The number of ether oxygens (including phenoxy) is 2. The van der Waals surface area contributed by atoms with Crippen molar-refractivity contribution in [2.24, 2.45) is 0 Å². The van der Waals surface area contributed by atoms with Crippen LogP contribution in [0.25, 0.3) is 0 Å². The van der Waals surface area contributed by atoms with E-state index >= 15 is 0 Å². The van der Waals surface area contributed by atoms with Crippen molar-refractivity contribution >= 4 is 5.78 Å². The van der Waals surface area contributed by atoms with Crippen LogP contribution in [0.4, 0.5) is 0 Å². The molecule has 21 heavy (non-hydrogen) atoms. The van der Waals surface area contributed by atoms with Crippen molar-refractivity contribution < 1.29 is 14.3 Å². The molecule has 3 heteroatoms. The lowest BCUT2D eigenvalue weighted by atomic mass is 9.96. The second-order valence-electron chi connectivity index (χ2n) is 5.39. The van der Waals surface area contributed by atoms with Gasteiger partial charge in [-0.1, -0.05) is 30.3 Å². The van der Waals surface area contributed by atoms with Gasteiger partial charge in [-0.15, -0.1) is 0 Å². The van der Waals surface area contributed by atoms with E-state index in [-0.39, 0.29) is 11.9 Å². The van der Waals surface area contributed by atoms with Gasteiger partial charge < -0.3 is 9.47 Å². The van der Waals surface area contributed by atoms with Gasteiger partial charge in [0.1, 0.15) is 18.5 Å². The summed E-state index contributed by atoms with van der Waals surface area (Å²) >= 11 is 0. The van der Waals surface area contributed by atoms with E-state index < -0.39 is 0 Å². The lowest BCUT2D eigenvalue weighted by molar-refractivity contribution is 0.103. The summed E-state index contributed by atoms with van der Waals surface area (Å²) < 4.78 is 10.8. The van der Waals surface area contributed by atoms with Gasteiger partial charge in [-0.3, -0.25) is 4.79 Å². The van der Waals surface area contributed by atoms with Crippen molar-refractivity contribution in [1.82, 2.24) is 0 Å². The number of hydrogen-bond donors (Lipinski definition) is 0. The average molecular weight is 282 g/mol. The first-order valence-corrected chi connectivity index (χ1v) is 7.10. The minimum Gasteiger partial charge on any atom is -0.491 e. The molecule has 0 amide bonds. The van der Waals surface area contributed by atoms with E-state index in [1.165, 1.54) is 0 Å². The molecule has 1 heterocycles. The van der Waals surface area contributed by atoms with Gasteiger partial charge in [0.05, 0.1) is 6.61 Å². The van der Waals surface area contributed by atoms with Crippen LogP contribution in [0.5, 0.6) is 5.75 Å². The molecular formula is C18H18O3. The summed E-state index contributed by atoms with van der Waals surface area (Å²) in [4.78, 5) is 12.7. The van der Waals surface area contributed by atoms with Gasteiger partial charge in [-0.05, 0) is 37.1 Å². The predicted molar refractivity (Wildman–Crippen MR) is 81.0 cm³/mol. The Morgan fingerprint density at radius 1 is 1.14 bits per heavy atom. The lowest BCUT2D eigenvalue weighted by Crippen LogP contribution is -2.08. The Hall–Kier alpha value is -2.13. The van der Waals surface area contributed by atoms with E-state index in [4.69, 9.17) is 9.47 Å². The zero-order chi connectivity index (χ0) is 14.8. The quantitative estimate of drug-likeness (QED) is 0.624. The van der Waals surface area contributed by atoms with Crippen LogP contribution in [0.2, 0.25) is 0 Å². The Morgan fingerprint density at radius 3 is 2.57 bits per heavy atom. The fraction of sp³-hybridized carbons (Fsp3) is 0.278. The molecule has 1 aliphatic rings. The fourth-order valence-corrected chi connectivity index (χ4v) is 2.26. The molecule has 2 aromatic rings. The lowest BCUT2D eigenvalue weighted by Gasteiger charge is -2.10. The molecule has 3 rings (SSSR count). The largest absolute Gasteiger partial charge is 0.491 e. The smallest absolute Gasteiger partial charge is 0.193 e. The molecule has 0 radical (unpaired) electrons. The second-order valence-corrected chi connectivity index (χ2v) is 5.39. The summed E-state index contributed by atoms with van der Waals surface area (Å²) in [5.41, 5.74) is 3.37. The monoisotopic (exact) mass is 282 g/mol. The normalized spacial score (nSPS) is 16.6. The minimum atomic E-state index is 0.0405. The van der Waals surface area contributed by atoms with E-state index in [2.05, 4.69) is 0 Å². The van der Waals surface area contributed by atoms with Crippen molar-refractivity contribution in [2.75, 3.05) is 13.2 Å². The van der Waals surface area contributed by atoms with Crippen molar-refractivity contribution in [3.63, 3.8) is 0 Å². The molecule has 1 aliphatic heterocycles. The highest BCUT2D eigenvalue weighted by molar-refractivity contribution is 6.10. The zero-order valence-corrected chi connectivity index (χ0v) is 12.3. The van der Waals surface area contributed by atoms with E-state index in [9.17, 15) is 4.79 Å². The van der Waals surface area contributed by atoms with Crippen molar-refractivity contribution in [3.05, 3.63) is 64.7 Å². The number of carbonyl (C=O) groups excluding carboxylic acids is 1. The highest BCUT2D eigenvalue weighted by Gasteiger charge is 2.23. The molecule has 0 aromatic heterocycles. The van der Waals surface area contributed by atoms with Crippen molar-refractivity contribution in [3.8, 4) is 5.75 Å². The summed E-state index contributed by atoms with van der Waals surface area (Å²) in [5, 5.41) is 0. The number of carbonyl (C=O) groups is 1.